The molecule has 1 amide bonds. The molecule has 2 fully saturated rings. The summed E-state index contributed by atoms with van der Waals surface area (Å²) in [5, 5.41) is 25.8. The number of anilines is 2. The molecule has 2 aliphatic rings. The quantitative estimate of drug-likeness (QED) is 0.396. The Labute approximate surface area is 207 Å². The summed E-state index contributed by atoms with van der Waals surface area (Å²) in [7, 11) is 0. The lowest BCUT2D eigenvalue weighted by Crippen LogP contribution is -2.38. The number of aromatic amines is 1. The molecule has 3 atom stereocenters. The highest BCUT2D eigenvalue weighted by atomic mass is 19.4. The van der Waals surface area contributed by atoms with Crippen LogP contribution >= 0.6 is 0 Å². The third-order valence-corrected chi connectivity index (χ3v) is 6.41. The Morgan fingerprint density at radius 2 is 2.14 bits per heavy atom. The SMILES string of the molecule is CC1(NC(=O)O[C@H]2CC[C@@H](c3cc(Nc4nc(C#N)cn5nc(COC(F)(F)F)cc45)n[nH]3)[C@@H]2F)CC1. The molecule has 3 N–H and O–H groups in total. The van der Waals surface area contributed by atoms with E-state index in [0.29, 0.717) is 18.5 Å². The van der Waals surface area contributed by atoms with Gasteiger partial charge in [0.15, 0.2) is 17.3 Å². The molecule has 11 nitrogen and oxygen atoms in total. The van der Waals surface area contributed by atoms with Crippen LogP contribution in [0.25, 0.3) is 5.52 Å². The Morgan fingerprint density at radius 3 is 2.84 bits per heavy atom. The van der Waals surface area contributed by atoms with Crippen molar-refractivity contribution in [2.24, 2.45) is 0 Å². The fraction of sp³-hybridized carbons (Fsp3) is 0.500. The summed E-state index contributed by atoms with van der Waals surface area (Å²) in [6.07, 6.45) is -4.02. The van der Waals surface area contributed by atoms with Gasteiger partial charge >= 0.3 is 12.5 Å². The summed E-state index contributed by atoms with van der Waals surface area (Å²) < 4.78 is 62.7. The zero-order valence-electron chi connectivity index (χ0n) is 19.5. The van der Waals surface area contributed by atoms with Gasteiger partial charge in [0.2, 0.25) is 0 Å². The van der Waals surface area contributed by atoms with Gasteiger partial charge in [-0.05, 0) is 38.7 Å². The maximum absolute atomic E-state index is 15.1. The second kappa shape index (κ2) is 9.18. The van der Waals surface area contributed by atoms with Crippen LogP contribution in [0.15, 0.2) is 18.3 Å². The van der Waals surface area contributed by atoms with Gasteiger partial charge in [-0.2, -0.15) is 15.5 Å². The number of fused-ring (bicyclic) bond motifs is 1. The van der Waals surface area contributed by atoms with E-state index in [4.69, 9.17) is 4.74 Å². The Kier molecular flexibility index (Phi) is 6.14. The first-order valence-corrected chi connectivity index (χ1v) is 11.5. The van der Waals surface area contributed by atoms with E-state index >= 15 is 4.39 Å². The first-order valence-electron chi connectivity index (χ1n) is 11.5. The molecular weight excluding hydrogens is 500 g/mol. The van der Waals surface area contributed by atoms with Crippen molar-refractivity contribution >= 4 is 23.2 Å². The topological polar surface area (TPSA) is 142 Å². The Morgan fingerprint density at radius 1 is 1.35 bits per heavy atom. The van der Waals surface area contributed by atoms with E-state index in [1.54, 1.807) is 6.07 Å². The van der Waals surface area contributed by atoms with Gasteiger partial charge in [-0.3, -0.25) is 9.84 Å². The standard InChI is InChI=1S/C22H22F4N8O3/c1-21(4-5-21)30-20(35)37-16-3-2-13(18(16)23)14-7-17(32-31-14)29-19-15-6-11(10-36-22(24,25)26)33-34(15)9-12(8-27)28-19/h6-7,9,13,16,18H,2-5,10H2,1H3,(H,30,35)(H2,28,29,31,32)/t13-,16-,18-/m0/s1. The maximum atomic E-state index is 15.1. The van der Waals surface area contributed by atoms with Gasteiger partial charge in [0.05, 0.1) is 11.9 Å². The molecule has 0 unspecified atom stereocenters. The molecule has 3 heterocycles. The van der Waals surface area contributed by atoms with Crippen molar-refractivity contribution in [3.05, 3.63) is 35.4 Å². The van der Waals surface area contributed by atoms with Crippen LogP contribution in [0.4, 0.5) is 34.0 Å². The van der Waals surface area contributed by atoms with Gasteiger partial charge in [-0.1, -0.05) is 0 Å². The molecule has 3 aromatic rings. The fourth-order valence-corrected chi connectivity index (χ4v) is 4.23. The molecule has 0 bridgehead atoms. The number of carbonyl (C=O) groups is 1. The number of alkyl halides is 4. The minimum absolute atomic E-state index is 0.0306. The second-order valence-corrected chi connectivity index (χ2v) is 9.38. The summed E-state index contributed by atoms with van der Waals surface area (Å²) in [4.78, 5) is 16.2. The average molecular weight is 522 g/mol. The molecule has 196 valence electrons. The molecule has 5 rings (SSSR count). The summed E-state index contributed by atoms with van der Waals surface area (Å²) in [6.45, 7) is 1.08. The zero-order chi connectivity index (χ0) is 26.4. The molecule has 3 aromatic heterocycles. The molecule has 37 heavy (non-hydrogen) atoms. The number of nitrogens with zero attached hydrogens (tertiary/aromatic N) is 5. The molecule has 0 spiro atoms. The van der Waals surface area contributed by atoms with Crippen molar-refractivity contribution in [1.82, 2.24) is 30.1 Å². The lowest BCUT2D eigenvalue weighted by atomic mass is 10.0. The number of halogens is 4. The number of rotatable bonds is 7. The highest BCUT2D eigenvalue weighted by Gasteiger charge is 2.43. The maximum Gasteiger partial charge on any atom is 0.522 e. The van der Waals surface area contributed by atoms with Crippen LogP contribution in [0.1, 0.15) is 55.6 Å². The molecule has 0 radical (unpaired) electrons. The van der Waals surface area contributed by atoms with Crippen LogP contribution in [-0.4, -0.2) is 55.1 Å². The fourth-order valence-electron chi connectivity index (χ4n) is 4.23. The predicted molar refractivity (Wildman–Crippen MR) is 118 cm³/mol. The van der Waals surface area contributed by atoms with Crippen molar-refractivity contribution in [2.75, 3.05) is 5.32 Å². The number of hydrogen-bond acceptors (Lipinski definition) is 8. The van der Waals surface area contributed by atoms with Crippen molar-refractivity contribution in [1.29, 1.82) is 5.26 Å². The Bertz CT molecular complexity index is 1360. The third kappa shape index (κ3) is 5.58. The van der Waals surface area contributed by atoms with Crippen LogP contribution in [0.2, 0.25) is 0 Å². The summed E-state index contributed by atoms with van der Waals surface area (Å²) >= 11 is 0. The van der Waals surface area contributed by atoms with Gasteiger partial charge in [0.1, 0.15) is 30.5 Å². The minimum Gasteiger partial charge on any atom is -0.443 e. The van der Waals surface area contributed by atoms with E-state index < -0.39 is 37.3 Å². The van der Waals surface area contributed by atoms with E-state index in [1.807, 2.05) is 13.0 Å². The van der Waals surface area contributed by atoms with Crippen molar-refractivity contribution in [3.8, 4) is 6.07 Å². The molecule has 2 aliphatic carbocycles. The van der Waals surface area contributed by atoms with Crippen molar-refractivity contribution in [3.63, 3.8) is 0 Å². The summed E-state index contributed by atoms with van der Waals surface area (Å²) in [5.41, 5.74) is 0.398. The number of nitrogens with one attached hydrogen (secondary N) is 3. The van der Waals surface area contributed by atoms with Crippen molar-refractivity contribution < 1.29 is 31.8 Å². The number of H-pyrrole nitrogens is 1. The number of carbonyl (C=O) groups excluding carboxylic acids is 1. The number of aromatic nitrogens is 5. The molecule has 15 heteroatoms. The van der Waals surface area contributed by atoms with E-state index in [-0.39, 0.29) is 34.1 Å². The lowest BCUT2D eigenvalue weighted by Gasteiger charge is -2.19. The highest BCUT2D eigenvalue weighted by molar-refractivity contribution is 5.73. The van der Waals surface area contributed by atoms with Crippen LogP contribution in [0.5, 0.6) is 0 Å². The first kappa shape index (κ1) is 24.8. The van der Waals surface area contributed by atoms with Crippen LogP contribution in [0.3, 0.4) is 0 Å². The normalized spacial score (nSPS) is 22.5. The number of ether oxygens (including phenoxy) is 2. The third-order valence-electron chi connectivity index (χ3n) is 6.41. The lowest BCUT2D eigenvalue weighted by molar-refractivity contribution is -0.330. The van der Waals surface area contributed by atoms with Gasteiger partial charge in [-0.15, -0.1) is 13.2 Å². The predicted octanol–water partition coefficient (Wildman–Crippen LogP) is 3.97. The first-order chi connectivity index (χ1) is 17.5. The van der Waals surface area contributed by atoms with E-state index in [0.717, 1.165) is 12.8 Å². The van der Waals surface area contributed by atoms with Gasteiger partial charge in [-0.25, -0.2) is 18.7 Å². The van der Waals surface area contributed by atoms with Crippen LogP contribution in [-0.2, 0) is 16.1 Å². The van der Waals surface area contributed by atoms with E-state index in [2.05, 4.69) is 35.7 Å². The van der Waals surface area contributed by atoms with Crippen LogP contribution in [0, 0.1) is 11.3 Å². The molecule has 0 aromatic carbocycles. The van der Waals surface area contributed by atoms with Gasteiger partial charge in [0.25, 0.3) is 0 Å². The average Bonchev–Trinajstić information content (AvgIpc) is 3.19. The minimum atomic E-state index is -4.82. The monoisotopic (exact) mass is 522 g/mol. The van der Waals surface area contributed by atoms with E-state index in [9.17, 15) is 23.2 Å². The molecular formula is C22H22F4N8O3. The molecule has 0 saturated heterocycles. The number of hydrogen-bond donors (Lipinski definition) is 3. The van der Waals surface area contributed by atoms with Crippen molar-refractivity contribution in [2.45, 2.75) is 69.3 Å². The number of nitriles is 1. The smallest absolute Gasteiger partial charge is 0.443 e. The summed E-state index contributed by atoms with van der Waals surface area (Å²) in [5.74, 6) is -0.237. The largest absolute Gasteiger partial charge is 0.522 e. The number of alkyl carbamates (subject to hydrolysis) is 1. The Balaban J connectivity index is 1.29. The summed E-state index contributed by atoms with van der Waals surface area (Å²) in [6, 6.07) is 4.75. The zero-order valence-corrected chi connectivity index (χ0v) is 19.5. The molecule has 0 aliphatic heterocycles. The van der Waals surface area contributed by atoms with E-state index in [1.165, 1.54) is 16.8 Å². The highest BCUT2D eigenvalue weighted by Crippen LogP contribution is 2.39. The van der Waals surface area contributed by atoms with Crippen LogP contribution < -0.4 is 10.6 Å². The van der Waals surface area contributed by atoms with Gasteiger partial charge in [0, 0.05) is 23.2 Å². The second-order valence-electron chi connectivity index (χ2n) is 9.38. The number of amides is 1. The van der Waals surface area contributed by atoms with Gasteiger partial charge < -0.3 is 15.4 Å². The Hall–Kier alpha value is -3.93. The molecule has 2 saturated carbocycles.